The summed E-state index contributed by atoms with van der Waals surface area (Å²) in [6, 6.07) is 6.64. The molecule has 158 valence electrons. The van der Waals surface area contributed by atoms with Gasteiger partial charge < -0.3 is 10.2 Å². The summed E-state index contributed by atoms with van der Waals surface area (Å²) in [6.07, 6.45) is 0. The number of nitrogens with zero attached hydrogens (tertiary/aromatic N) is 3. The molecule has 1 aliphatic heterocycles. The summed E-state index contributed by atoms with van der Waals surface area (Å²) in [5.74, 6) is -0.0750. The second-order valence-corrected chi connectivity index (χ2v) is 9.69. The fourth-order valence-corrected chi connectivity index (χ4v) is 5.12. The fourth-order valence-electron chi connectivity index (χ4n) is 3.68. The van der Waals surface area contributed by atoms with Crippen molar-refractivity contribution < 1.29 is 18.1 Å². The zero-order valence-electron chi connectivity index (χ0n) is 17.7. The van der Waals surface area contributed by atoms with E-state index < -0.39 is 10.0 Å². The number of quaternary nitrogens is 1. The Labute approximate surface area is 172 Å². The first-order valence-corrected chi connectivity index (χ1v) is 11.3. The van der Waals surface area contributed by atoms with Crippen molar-refractivity contribution in [2.45, 2.75) is 38.6 Å². The van der Waals surface area contributed by atoms with Crippen LogP contribution in [0.15, 0.2) is 29.2 Å². The van der Waals surface area contributed by atoms with Crippen molar-refractivity contribution in [2.75, 3.05) is 31.5 Å². The maximum Gasteiger partial charge on any atom is 0.282 e. The van der Waals surface area contributed by atoms with Crippen LogP contribution in [0.3, 0.4) is 0 Å². The monoisotopic (exact) mass is 420 g/mol. The van der Waals surface area contributed by atoms with Gasteiger partial charge in [-0.05, 0) is 39.8 Å². The topological polar surface area (TPSA) is 88.7 Å². The molecule has 1 amide bonds. The van der Waals surface area contributed by atoms with Crippen LogP contribution in [0.1, 0.15) is 23.9 Å². The minimum Gasteiger partial charge on any atom is -0.323 e. The molecule has 0 spiro atoms. The zero-order valence-corrected chi connectivity index (χ0v) is 18.5. The van der Waals surface area contributed by atoms with Gasteiger partial charge in [0.05, 0.1) is 48.1 Å². The van der Waals surface area contributed by atoms with Crippen LogP contribution < -0.4 is 10.2 Å². The van der Waals surface area contributed by atoms with E-state index in [4.69, 9.17) is 0 Å². The normalized spacial score (nSPS) is 17.3. The average molecular weight is 421 g/mol. The first-order valence-electron chi connectivity index (χ1n) is 9.83. The predicted molar refractivity (Wildman–Crippen MR) is 111 cm³/mol. The number of hydrogen-bond donors (Lipinski definition) is 2. The highest BCUT2D eigenvalue weighted by molar-refractivity contribution is 7.89. The number of rotatable bonds is 5. The second kappa shape index (κ2) is 8.25. The van der Waals surface area contributed by atoms with Gasteiger partial charge in [-0.3, -0.25) is 9.48 Å². The lowest BCUT2D eigenvalue weighted by Crippen LogP contribution is -3.19. The van der Waals surface area contributed by atoms with Crippen molar-refractivity contribution >= 4 is 21.6 Å². The van der Waals surface area contributed by atoms with Gasteiger partial charge >= 0.3 is 0 Å². The summed E-state index contributed by atoms with van der Waals surface area (Å²) in [5, 5.41) is 7.32. The molecule has 1 aromatic carbocycles. The van der Waals surface area contributed by atoms with Crippen molar-refractivity contribution in [3.63, 3.8) is 0 Å². The van der Waals surface area contributed by atoms with E-state index in [1.165, 1.54) is 4.31 Å². The predicted octanol–water partition coefficient (Wildman–Crippen LogP) is 0.262. The largest absolute Gasteiger partial charge is 0.323 e. The van der Waals surface area contributed by atoms with Gasteiger partial charge in [-0.25, -0.2) is 8.42 Å². The number of carbonyl (C=O) groups is 1. The Morgan fingerprint density at radius 3 is 2.24 bits per heavy atom. The fraction of sp³-hybridized carbons (Fsp3) is 0.500. The Morgan fingerprint density at radius 1 is 1.14 bits per heavy atom. The number of aryl methyl sites for hydroxylation is 3. The molecule has 2 heterocycles. The van der Waals surface area contributed by atoms with E-state index in [0.717, 1.165) is 27.5 Å². The van der Waals surface area contributed by atoms with Crippen molar-refractivity contribution in [3.8, 4) is 0 Å². The maximum absolute atomic E-state index is 12.9. The quantitative estimate of drug-likeness (QED) is 0.726. The molecule has 0 unspecified atom stereocenters. The highest BCUT2D eigenvalue weighted by Crippen LogP contribution is 2.19. The first kappa shape index (κ1) is 21.5. The SMILES string of the molecule is Cc1ccc(S(=O)(=O)N2CC[NH+]([C@H](C)C(=O)Nc3c(C)nn(C)c3C)CC2)cc1. The van der Waals surface area contributed by atoms with Gasteiger partial charge in [-0.1, -0.05) is 17.7 Å². The molecule has 0 aliphatic carbocycles. The minimum absolute atomic E-state index is 0.0750. The lowest BCUT2D eigenvalue weighted by atomic mass is 10.2. The molecule has 1 fully saturated rings. The molecule has 0 bridgehead atoms. The van der Waals surface area contributed by atoms with Crippen LogP contribution in [0.2, 0.25) is 0 Å². The maximum atomic E-state index is 12.9. The molecular weight excluding hydrogens is 390 g/mol. The number of nitrogens with one attached hydrogen (secondary N) is 2. The van der Waals surface area contributed by atoms with Crippen LogP contribution in [0.5, 0.6) is 0 Å². The summed E-state index contributed by atoms with van der Waals surface area (Å²) in [5.41, 5.74) is 3.48. The van der Waals surface area contributed by atoms with Crippen molar-refractivity contribution in [3.05, 3.63) is 41.2 Å². The molecule has 29 heavy (non-hydrogen) atoms. The third-order valence-electron chi connectivity index (χ3n) is 5.79. The summed E-state index contributed by atoms with van der Waals surface area (Å²) >= 11 is 0. The first-order chi connectivity index (χ1) is 13.6. The summed E-state index contributed by atoms with van der Waals surface area (Å²) in [4.78, 5) is 14.2. The van der Waals surface area contributed by atoms with Crippen molar-refractivity contribution in [1.29, 1.82) is 0 Å². The standard InChI is InChI=1S/C20H29N5O3S/c1-14-6-8-18(9-7-14)29(27,28)25-12-10-24(11-13-25)17(4)20(26)21-19-15(2)22-23(5)16(19)3/h6-9,17H,10-13H2,1-5H3,(H,21,26)/p+1/t17-/m1/s1. The van der Waals surface area contributed by atoms with Crippen LogP contribution >= 0.6 is 0 Å². The number of amides is 1. The van der Waals surface area contributed by atoms with Gasteiger partial charge in [0.2, 0.25) is 10.0 Å². The molecule has 1 atom stereocenters. The molecule has 1 aliphatic rings. The number of hydrogen-bond acceptors (Lipinski definition) is 4. The van der Waals surface area contributed by atoms with E-state index in [2.05, 4.69) is 10.4 Å². The van der Waals surface area contributed by atoms with E-state index in [0.29, 0.717) is 31.1 Å². The van der Waals surface area contributed by atoms with Gasteiger partial charge in [-0.2, -0.15) is 9.40 Å². The van der Waals surface area contributed by atoms with E-state index in [-0.39, 0.29) is 11.9 Å². The molecule has 2 N–H and O–H groups in total. The van der Waals surface area contributed by atoms with Gasteiger partial charge in [0.15, 0.2) is 6.04 Å². The molecule has 8 nitrogen and oxygen atoms in total. The lowest BCUT2D eigenvalue weighted by Gasteiger charge is -2.34. The second-order valence-electron chi connectivity index (χ2n) is 7.76. The van der Waals surface area contributed by atoms with E-state index in [1.807, 2.05) is 46.9 Å². The van der Waals surface area contributed by atoms with E-state index in [1.54, 1.807) is 16.8 Å². The van der Waals surface area contributed by atoms with Crippen molar-refractivity contribution in [2.24, 2.45) is 7.05 Å². The Morgan fingerprint density at radius 2 is 1.72 bits per heavy atom. The molecular formula is C20H30N5O3S+. The molecule has 0 radical (unpaired) electrons. The van der Waals surface area contributed by atoms with Crippen LogP contribution in [0.4, 0.5) is 5.69 Å². The number of carbonyl (C=O) groups excluding carboxylic acids is 1. The Hall–Kier alpha value is -2.23. The number of aromatic nitrogens is 2. The highest BCUT2D eigenvalue weighted by Gasteiger charge is 2.34. The van der Waals surface area contributed by atoms with Crippen LogP contribution in [-0.2, 0) is 21.9 Å². The number of sulfonamides is 1. The third-order valence-corrected chi connectivity index (χ3v) is 7.70. The number of piperazine rings is 1. The summed E-state index contributed by atoms with van der Waals surface area (Å²) < 4.78 is 29.0. The molecule has 2 aromatic rings. The van der Waals surface area contributed by atoms with Gasteiger partial charge in [0.25, 0.3) is 5.91 Å². The van der Waals surface area contributed by atoms with Crippen LogP contribution in [0, 0.1) is 20.8 Å². The van der Waals surface area contributed by atoms with Gasteiger partial charge in [0.1, 0.15) is 0 Å². The Bertz CT molecular complexity index is 990. The van der Waals surface area contributed by atoms with Gasteiger partial charge in [0, 0.05) is 7.05 Å². The Balaban J connectivity index is 1.62. The summed E-state index contributed by atoms with van der Waals surface area (Å²) in [7, 11) is -1.65. The van der Waals surface area contributed by atoms with Crippen LogP contribution in [-0.4, -0.2) is 60.6 Å². The minimum atomic E-state index is -3.50. The molecule has 3 rings (SSSR count). The average Bonchev–Trinajstić information content (AvgIpc) is 2.93. The molecule has 1 saturated heterocycles. The zero-order chi connectivity index (χ0) is 21.3. The summed E-state index contributed by atoms with van der Waals surface area (Å²) in [6.45, 7) is 9.57. The van der Waals surface area contributed by atoms with E-state index in [9.17, 15) is 13.2 Å². The van der Waals surface area contributed by atoms with Crippen molar-refractivity contribution in [1.82, 2.24) is 14.1 Å². The highest BCUT2D eigenvalue weighted by atomic mass is 32.2. The smallest absolute Gasteiger partial charge is 0.282 e. The number of benzene rings is 1. The molecule has 1 aromatic heterocycles. The number of anilines is 1. The van der Waals surface area contributed by atoms with Crippen LogP contribution in [0.25, 0.3) is 0 Å². The molecule has 9 heteroatoms. The lowest BCUT2D eigenvalue weighted by molar-refractivity contribution is -0.917. The molecule has 0 saturated carbocycles. The third kappa shape index (κ3) is 4.36. The van der Waals surface area contributed by atoms with E-state index >= 15 is 0 Å². The van der Waals surface area contributed by atoms with Gasteiger partial charge in [-0.15, -0.1) is 0 Å². The Kier molecular flexibility index (Phi) is 6.11.